The van der Waals surface area contributed by atoms with Crippen molar-refractivity contribution in [1.29, 1.82) is 0 Å². The second-order valence-corrected chi connectivity index (χ2v) is 22.0. The maximum Gasteiger partial charge on any atom is 0.361 e. The van der Waals surface area contributed by atoms with E-state index in [1.54, 1.807) is 0 Å². The highest BCUT2D eigenvalue weighted by atomic mass is 16.7. The van der Waals surface area contributed by atoms with Gasteiger partial charge < -0.3 is 28.5 Å². The minimum atomic E-state index is -1.52. The number of hydrogen-bond donors (Lipinski definition) is 1. The summed E-state index contributed by atoms with van der Waals surface area (Å²) < 4.78 is 22.9. The van der Waals surface area contributed by atoms with Crippen LogP contribution < -0.4 is 0 Å². The van der Waals surface area contributed by atoms with Crippen molar-refractivity contribution in [2.24, 2.45) is 0 Å². The van der Waals surface area contributed by atoms with Crippen molar-refractivity contribution in [2.45, 2.75) is 283 Å². The molecule has 0 rings (SSSR count). The van der Waals surface area contributed by atoms with Crippen LogP contribution in [-0.2, 0) is 33.3 Å². The number of carbonyl (C=O) groups is 3. The summed E-state index contributed by atoms with van der Waals surface area (Å²) in [5.74, 6) is -2.01. The van der Waals surface area contributed by atoms with Gasteiger partial charge in [-0.3, -0.25) is 9.59 Å². The number of carboxylic acid groups (broad SMARTS) is 1. The molecule has 0 aromatic rings. The quantitative estimate of drug-likeness (QED) is 0.0211. The Balaban J connectivity index is 4.20. The fraction of sp³-hybridized carbons (Fsp3) is 0.773. The van der Waals surface area contributed by atoms with Crippen LogP contribution in [0.15, 0.2) is 72.9 Å². The highest BCUT2D eigenvalue weighted by Crippen LogP contribution is 2.17. The second-order valence-electron chi connectivity index (χ2n) is 22.0. The number of carboxylic acids is 1. The van der Waals surface area contributed by atoms with E-state index in [0.717, 1.165) is 77.0 Å². The summed E-state index contributed by atoms with van der Waals surface area (Å²) in [7, 11) is 5.97. The molecular formula is C66H118NO8+. The minimum absolute atomic E-state index is 0.183. The monoisotopic (exact) mass is 1050 g/mol. The van der Waals surface area contributed by atoms with Crippen molar-refractivity contribution in [2.75, 3.05) is 47.5 Å². The molecule has 0 aliphatic carbocycles. The van der Waals surface area contributed by atoms with E-state index < -0.39 is 24.3 Å². The van der Waals surface area contributed by atoms with E-state index in [-0.39, 0.29) is 32.2 Å². The maximum atomic E-state index is 12.9. The van der Waals surface area contributed by atoms with E-state index in [2.05, 4.69) is 86.8 Å². The number of allylic oxidation sites excluding steroid dienone is 12. The van der Waals surface area contributed by atoms with Gasteiger partial charge in [0.05, 0.1) is 34.4 Å². The van der Waals surface area contributed by atoms with Gasteiger partial charge in [0.15, 0.2) is 6.10 Å². The number of carbonyl (C=O) groups excluding carboxylic acids is 2. The number of unbranched alkanes of at least 4 members (excludes halogenated alkanes) is 30. The highest BCUT2D eigenvalue weighted by Gasteiger charge is 2.25. The van der Waals surface area contributed by atoms with Crippen LogP contribution in [0.2, 0.25) is 0 Å². The Hall–Kier alpha value is -3.27. The van der Waals surface area contributed by atoms with Crippen LogP contribution in [0.3, 0.4) is 0 Å². The third-order valence-electron chi connectivity index (χ3n) is 13.4. The lowest BCUT2D eigenvalue weighted by atomic mass is 10.0. The predicted octanol–water partition coefficient (Wildman–Crippen LogP) is 18.6. The number of esters is 2. The van der Waals surface area contributed by atoms with Gasteiger partial charge in [0.1, 0.15) is 13.2 Å². The van der Waals surface area contributed by atoms with Crippen molar-refractivity contribution in [3.8, 4) is 0 Å². The molecule has 75 heavy (non-hydrogen) atoms. The third kappa shape index (κ3) is 58.3. The SMILES string of the molecule is CC/C=C\C/C=C\C/C=C\C/C=C\C/C=C\CCCCCCCCCC(=O)OC(COC(=O)CCCCCCCCCCCCCCCCC/C=C\CCCCCCCCCC)COC(OCC[N+](C)(C)C)C(=O)O. The molecule has 0 spiro atoms. The molecule has 434 valence electrons. The molecule has 9 heteroatoms. The van der Waals surface area contributed by atoms with E-state index in [1.807, 2.05) is 21.1 Å². The lowest BCUT2D eigenvalue weighted by molar-refractivity contribution is -0.870. The van der Waals surface area contributed by atoms with E-state index in [1.165, 1.54) is 161 Å². The maximum absolute atomic E-state index is 12.9. The van der Waals surface area contributed by atoms with Gasteiger partial charge in [0.25, 0.3) is 6.29 Å². The third-order valence-corrected chi connectivity index (χ3v) is 13.4. The van der Waals surface area contributed by atoms with Gasteiger partial charge in [-0.2, -0.15) is 0 Å². The van der Waals surface area contributed by atoms with Gasteiger partial charge in [-0.15, -0.1) is 0 Å². The molecule has 2 atom stereocenters. The van der Waals surface area contributed by atoms with Crippen LogP contribution in [0.4, 0.5) is 0 Å². The van der Waals surface area contributed by atoms with Crippen LogP contribution in [0.25, 0.3) is 0 Å². The number of ether oxygens (including phenoxy) is 4. The van der Waals surface area contributed by atoms with E-state index in [9.17, 15) is 19.5 Å². The molecule has 2 unspecified atom stereocenters. The Kier molecular flexibility index (Phi) is 54.4. The first-order valence-electron chi connectivity index (χ1n) is 31.1. The van der Waals surface area contributed by atoms with Crippen LogP contribution in [0.1, 0.15) is 271 Å². The Morgan fingerprint density at radius 2 is 0.760 bits per heavy atom. The van der Waals surface area contributed by atoms with Crippen molar-refractivity contribution in [3.05, 3.63) is 72.9 Å². The van der Waals surface area contributed by atoms with E-state index >= 15 is 0 Å². The molecule has 0 amide bonds. The number of hydrogen-bond acceptors (Lipinski definition) is 7. The number of likely N-dealkylation sites (N-methyl/N-ethyl adjacent to an activating group) is 1. The van der Waals surface area contributed by atoms with Crippen molar-refractivity contribution in [1.82, 2.24) is 0 Å². The summed E-state index contributed by atoms with van der Waals surface area (Å²) in [6.07, 6.45) is 71.3. The zero-order chi connectivity index (χ0) is 54.8. The van der Waals surface area contributed by atoms with Crippen molar-refractivity contribution in [3.63, 3.8) is 0 Å². The van der Waals surface area contributed by atoms with Gasteiger partial charge in [-0.1, -0.05) is 247 Å². The zero-order valence-corrected chi connectivity index (χ0v) is 49.4. The molecule has 0 heterocycles. The predicted molar refractivity (Wildman–Crippen MR) is 318 cm³/mol. The first kappa shape index (κ1) is 71.7. The molecule has 0 aromatic carbocycles. The lowest BCUT2D eigenvalue weighted by Gasteiger charge is -2.25. The van der Waals surface area contributed by atoms with Gasteiger partial charge in [0, 0.05) is 12.8 Å². The number of rotatable bonds is 57. The Bertz CT molecular complexity index is 1460. The van der Waals surface area contributed by atoms with Crippen molar-refractivity contribution >= 4 is 17.9 Å². The first-order chi connectivity index (χ1) is 36.6. The smallest absolute Gasteiger partial charge is 0.361 e. The van der Waals surface area contributed by atoms with Gasteiger partial charge in [-0.05, 0) is 83.5 Å². The van der Waals surface area contributed by atoms with E-state index in [4.69, 9.17) is 18.9 Å². The number of quaternary nitrogens is 1. The Morgan fingerprint density at radius 3 is 1.15 bits per heavy atom. The molecule has 9 nitrogen and oxygen atoms in total. The normalized spacial score (nSPS) is 13.2. The van der Waals surface area contributed by atoms with Gasteiger partial charge >= 0.3 is 17.9 Å². The summed E-state index contributed by atoms with van der Waals surface area (Å²) in [5.41, 5.74) is 0. The fourth-order valence-electron chi connectivity index (χ4n) is 8.68. The topological polar surface area (TPSA) is 108 Å². The average molecular weight is 1050 g/mol. The zero-order valence-electron chi connectivity index (χ0n) is 49.4. The van der Waals surface area contributed by atoms with Crippen LogP contribution >= 0.6 is 0 Å². The number of nitrogens with zero attached hydrogens (tertiary/aromatic N) is 1. The van der Waals surface area contributed by atoms with Crippen LogP contribution in [0.5, 0.6) is 0 Å². The molecule has 0 aliphatic rings. The molecule has 0 aliphatic heterocycles. The summed E-state index contributed by atoms with van der Waals surface area (Å²) in [4.78, 5) is 37.5. The summed E-state index contributed by atoms with van der Waals surface area (Å²) in [6.45, 7) is 4.77. The van der Waals surface area contributed by atoms with Gasteiger partial charge in [-0.25, -0.2) is 4.79 Å². The van der Waals surface area contributed by atoms with Crippen LogP contribution in [-0.4, -0.2) is 87.4 Å². The number of aliphatic carboxylic acids is 1. The fourth-order valence-corrected chi connectivity index (χ4v) is 8.68. The van der Waals surface area contributed by atoms with Crippen molar-refractivity contribution < 1.29 is 42.9 Å². The molecular weight excluding hydrogens is 935 g/mol. The minimum Gasteiger partial charge on any atom is -0.477 e. The largest absolute Gasteiger partial charge is 0.477 e. The molecule has 0 aromatic heterocycles. The molecule has 0 radical (unpaired) electrons. The molecule has 0 bridgehead atoms. The second kappa shape index (κ2) is 56.9. The van der Waals surface area contributed by atoms with Gasteiger partial charge in [0.2, 0.25) is 0 Å². The Labute approximate surface area is 462 Å². The Morgan fingerprint density at radius 1 is 0.413 bits per heavy atom. The standard InChI is InChI=1S/C66H117NO8/c1-6-8-10-12-14-16-18-20-22-24-26-28-30-31-32-33-35-36-38-40-42-44-46-48-50-52-54-56-63(68)73-60-62(61-74-66(65(70)71)72-59-58-67(3,4)5)75-64(69)57-55-53-51-49-47-45-43-41-39-37-34-29-27-25-23-21-19-17-15-13-11-9-7-2/h9,11,15,17,21,23-24,26-27,29,37,39,62,66H,6-8,10,12-14,16,18-20,22,25,28,30-36,38,40-61H2,1-5H3/p+1/b11-9-,17-15-,23-21-,26-24-,29-27-,39-37-. The summed E-state index contributed by atoms with van der Waals surface area (Å²) in [5, 5.41) is 9.72. The molecule has 1 N–H and O–H groups in total. The summed E-state index contributed by atoms with van der Waals surface area (Å²) in [6, 6.07) is 0. The van der Waals surface area contributed by atoms with Crippen LogP contribution in [0, 0.1) is 0 Å². The molecule has 0 fully saturated rings. The van der Waals surface area contributed by atoms with E-state index in [0.29, 0.717) is 23.9 Å². The molecule has 0 saturated heterocycles. The highest BCUT2D eigenvalue weighted by molar-refractivity contribution is 5.71. The lowest BCUT2D eigenvalue weighted by Crippen LogP contribution is -2.40. The average Bonchev–Trinajstić information content (AvgIpc) is 3.38. The summed E-state index contributed by atoms with van der Waals surface area (Å²) >= 11 is 0. The molecule has 0 saturated carbocycles. The first-order valence-corrected chi connectivity index (χ1v) is 31.1.